The molecule has 3 aliphatic heterocycles. The molecule has 6 nitrogen and oxygen atoms in total. The van der Waals surface area contributed by atoms with Crippen LogP contribution in [0, 0.1) is 0 Å². The molecule has 3 saturated heterocycles. The molecule has 0 N–H and O–H groups in total. The lowest BCUT2D eigenvalue weighted by Gasteiger charge is -2.58. The molecule has 4 rings (SSSR count). The number of carbonyl (C=O) groups excluding carboxylic acids is 1. The lowest BCUT2D eigenvalue weighted by molar-refractivity contribution is -0.436. The van der Waals surface area contributed by atoms with Crippen LogP contribution < -0.4 is 0 Å². The van der Waals surface area contributed by atoms with Crippen LogP contribution in [0.1, 0.15) is 41.5 Å². The molecule has 8 heteroatoms. The maximum Gasteiger partial charge on any atom is 0.273 e. The maximum absolute atomic E-state index is 13.0. The number of ketones is 1. The molecule has 1 saturated carbocycles. The van der Waals surface area contributed by atoms with Crippen LogP contribution in [0.15, 0.2) is 0 Å². The van der Waals surface area contributed by atoms with Gasteiger partial charge in [-0.25, -0.2) is 0 Å². The van der Waals surface area contributed by atoms with Crippen molar-refractivity contribution in [3.63, 3.8) is 0 Å². The minimum absolute atomic E-state index is 0.0248. The van der Waals surface area contributed by atoms with Gasteiger partial charge in [-0.1, -0.05) is 41.5 Å². The molecule has 4 bridgehead atoms. The van der Waals surface area contributed by atoms with Gasteiger partial charge in [-0.3, -0.25) is 4.79 Å². The Hall–Kier alpha value is -0.0962. The summed E-state index contributed by atoms with van der Waals surface area (Å²) in [5.41, 5.74) is 0. The smallest absolute Gasteiger partial charge is 0.273 e. The third kappa shape index (κ3) is 3.62. The number of Topliss-reactive ketones (excluding diaryl/α,β-unsaturated/α-hetero) is 1. The summed E-state index contributed by atoms with van der Waals surface area (Å²) in [7, 11) is -4.23. The number of rotatable bonds is 4. The summed E-state index contributed by atoms with van der Waals surface area (Å²) in [6.07, 6.45) is -2.47. The minimum atomic E-state index is -2.12. The van der Waals surface area contributed by atoms with E-state index in [4.69, 9.17) is 23.1 Å². The van der Waals surface area contributed by atoms with Crippen molar-refractivity contribution in [2.24, 2.45) is 0 Å². The second-order valence-corrected chi connectivity index (χ2v) is 20.6. The highest BCUT2D eigenvalue weighted by molar-refractivity contribution is 6.74. The highest BCUT2D eigenvalue weighted by Crippen LogP contribution is 2.47. The zero-order valence-electron chi connectivity index (χ0n) is 18.4. The molecular formula is C19H36O6Si2. The summed E-state index contributed by atoms with van der Waals surface area (Å²) in [5, 5.41) is 0.0496. The Morgan fingerprint density at radius 3 is 1.44 bits per heavy atom. The Kier molecular flexibility index (Phi) is 5.16. The first-order valence-electron chi connectivity index (χ1n) is 9.91. The van der Waals surface area contributed by atoms with Crippen molar-refractivity contribution >= 4 is 22.4 Å². The van der Waals surface area contributed by atoms with Gasteiger partial charge in [0.25, 0.3) is 6.48 Å². The molecule has 0 aromatic carbocycles. The van der Waals surface area contributed by atoms with E-state index in [2.05, 4.69) is 67.7 Å². The van der Waals surface area contributed by atoms with Crippen LogP contribution in [0.2, 0.25) is 36.3 Å². The molecule has 156 valence electrons. The average molecular weight is 417 g/mol. The highest BCUT2D eigenvalue weighted by atomic mass is 28.4. The van der Waals surface area contributed by atoms with Crippen LogP contribution in [0.5, 0.6) is 0 Å². The summed E-state index contributed by atoms with van der Waals surface area (Å²) in [6, 6.07) is 0. The molecule has 2 unspecified atom stereocenters. The van der Waals surface area contributed by atoms with E-state index in [1.807, 2.05) is 0 Å². The van der Waals surface area contributed by atoms with Crippen LogP contribution in [0.4, 0.5) is 0 Å². The first-order valence-corrected chi connectivity index (χ1v) is 15.7. The summed E-state index contributed by atoms with van der Waals surface area (Å²) in [5.74, 6) is -0.0711. The molecule has 27 heavy (non-hydrogen) atoms. The topological polar surface area (TPSA) is 63.2 Å². The number of carbonyl (C=O) groups is 1. The van der Waals surface area contributed by atoms with Gasteiger partial charge in [0.05, 0.1) is 0 Å². The molecule has 0 radical (unpaired) electrons. The number of hydrogen-bond donors (Lipinski definition) is 0. The first-order chi connectivity index (χ1) is 12.1. The van der Waals surface area contributed by atoms with Gasteiger partial charge in [-0.05, 0) is 36.3 Å². The van der Waals surface area contributed by atoms with E-state index in [0.717, 1.165) is 0 Å². The summed E-state index contributed by atoms with van der Waals surface area (Å²) >= 11 is 0. The fourth-order valence-corrected chi connectivity index (χ4v) is 5.80. The molecule has 0 aromatic heterocycles. The normalized spacial score (nSPS) is 37.2. The van der Waals surface area contributed by atoms with Gasteiger partial charge in [0.1, 0.15) is 18.3 Å². The summed E-state index contributed by atoms with van der Waals surface area (Å²) in [4.78, 5) is 13.0. The molecular weight excluding hydrogens is 380 g/mol. The van der Waals surface area contributed by atoms with Crippen LogP contribution in [-0.2, 0) is 27.9 Å². The van der Waals surface area contributed by atoms with E-state index in [1.165, 1.54) is 0 Å². The van der Waals surface area contributed by atoms with Crippen molar-refractivity contribution in [1.29, 1.82) is 0 Å². The first kappa shape index (κ1) is 21.6. The largest absolute Gasteiger partial charge is 0.408 e. The highest BCUT2D eigenvalue weighted by Gasteiger charge is 2.65. The fraction of sp³-hybridized carbons (Fsp3) is 0.947. The third-order valence-electron chi connectivity index (χ3n) is 7.06. The van der Waals surface area contributed by atoms with Crippen LogP contribution in [-0.4, -0.2) is 59.4 Å². The monoisotopic (exact) mass is 416 g/mol. The predicted molar refractivity (Wildman–Crippen MR) is 108 cm³/mol. The Labute approximate surface area is 165 Å². The Morgan fingerprint density at radius 1 is 0.741 bits per heavy atom. The molecule has 0 spiro atoms. The Morgan fingerprint density at radius 2 is 1.11 bits per heavy atom. The van der Waals surface area contributed by atoms with Crippen molar-refractivity contribution < 1.29 is 27.9 Å². The van der Waals surface area contributed by atoms with E-state index < -0.39 is 47.5 Å². The SMILES string of the molecule is CC(C)(C)[Si](C)(C)O[C@H]1C2OC3O[C@@H]1C(=O)[C@H](O3)[C@H]2O[Si](C)(C)C(C)(C)C. The van der Waals surface area contributed by atoms with Gasteiger partial charge in [0.2, 0.25) is 0 Å². The zero-order valence-corrected chi connectivity index (χ0v) is 20.4. The van der Waals surface area contributed by atoms with Crippen molar-refractivity contribution in [2.45, 2.75) is 115 Å². The summed E-state index contributed by atoms with van der Waals surface area (Å²) in [6.45, 7) is 21.1. The van der Waals surface area contributed by atoms with E-state index >= 15 is 0 Å². The van der Waals surface area contributed by atoms with Gasteiger partial charge in [-0.15, -0.1) is 0 Å². The molecule has 1 aliphatic carbocycles. The quantitative estimate of drug-likeness (QED) is 0.649. The second kappa shape index (κ2) is 6.45. The van der Waals surface area contributed by atoms with Gasteiger partial charge < -0.3 is 23.1 Å². The fourth-order valence-electron chi connectivity index (χ4n) is 3.22. The van der Waals surface area contributed by atoms with Gasteiger partial charge >= 0.3 is 0 Å². The molecule has 6 atom stereocenters. The molecule has 0 amide bonds. The van der Waals surface area contributed by atoms with Crippen molar-refractivity contribution in [3.05, 3.63) is 0 Å². The van der Waals surface area contributed by atoms with E-state index in [9.17, 15) is 4.79 Å². The standard InChI is InChI=1S/C19H36O6Si2/c1-18(2,3)26(7,8)24-15-12-11(20)13-16(14(15)23-17(21-12)22-13)25-27(9,10)19(4,5)6/h12-17H,1-10H3/t12-,13+,14?,15-,16-,17?/m1/s1. The molecule has 0 aromatic rings. The van der Waals surface area contributed by atoms with Crippen molar-refractivity contribution in [1.82, 2.24) is 0 Å². The maximum atomic E-state index is 13.0. The van der Waals surface area contributed by atoms with E-state index in [0.29, 0.717) is 0 Å². The van der Waals surface area contributed by atoms with Crippen LogP contribution >= 0.6 is 0 Å². The van der Waals surface area contributed by atoms with E-state index in [1.54, 1.807) is 0 Å². The summed E-state index contributed by atoms with van der Waals surface area (Å²) < 4.78 is 30.7. The van der Waals surface area contributed by atoms with Gasteiger partial charge in [0, 0.05) is 0 Å². The minimum Gasteiger partial charge on any atom is -0.408 e. The predicted octanol–water partition coefficient (Wildman–Crippen LogP) is 3.82. The van der Waals surface area contributed by atoms with Crippen LogP contribution in [0.3, 0.4) is 0 Å². The van der Waals surface area contributed by atoms with Crippen molar-refractivity contribution in [3.8, 4) is 0 Å². The average Bonchev–Trinajstić information content (AvgIpc) is 2.47. The lowest BCUT2D eigenvalue weighted by Crippen LogP contribution is -2.76. The number of ether oxygens (including phenoxy) is 3. The third-order valence-corrected chi connectivity index (χ3v) is 16.0. The van der Waals surface area contributed by atoms with Gasteiger partial charge in [-0.2, -0.15) is 0 Å². The zero-order chi connectivity index (χ0) is 20.6. The lowest BCUT2D eigenvalue weighted by atomic mass is 9.84. The van der Waals surface area contributed by atoms with Gasteiger partial charge in [0.15, 0.2) is 34.6 Å². The van der Waals surface area contributed by atoms with Crippen molar-refractivity contribution in [2.75, 3.05) is 0 Å². The number of hydrogen-bond acceptors (Lipinski definition) is 6. The molecule has 3 heterocycles. The Bertz CT molecular complexity index is 558. The molecule has 4 aliphatic rings. The second-order valence-electron chi connectivity index (χ2n) is 11.1. The van der Waals surface area contributed by atoms with E-state index in [-0.39, 0.29) is 22.0 Å². The Balaban J connectivity index is 1.90. The van der Waals surface area contributed by atoms with Crippen LogP contribution in [0.25, 0.3) is 0 Å². The molecule has 4 fully saturated rings.